The summed E-state index contributed by atoms with van der Waals surface area (Å²) in [5.74, 6) is -1.10. The summed E-state index contributed by atoms with van der Waals surface area (Å²) < 4.78 is 42.2. The van der Waals surface area contributed by atoms with Crippen LogP contribution in [-0.2, 0) is 9.53 Å². The maximum Gasteiger partial charge on any atom is 0.415 e. The predicted molar refractivity (Wildman–Crippen MR) is 46.0 cm³/mol. The minimum Gasteiger partial charge on any atom is -0.378 e. The summed E-state index contributed by atoms with van der Waals surface area (Å²) in [6, 6.07) is 0. The van der Waals surface area contributed by atoms with Crippen LogP contribution >= 0.6 is 0 Å². The van der Waals surface area contributed by atoms with Crippen molar-refractivity contribution in [2.45, 2.75) is 18.6 Å². The van der Waals surface area contributed by atoms with Crippen molar-refractivity contribution in [2.24, 2.45) is 5.73 Å². The van der Waals surface area contributed by atoms with E-state index in [4.69, 9.17) is 10.5 Å². The minimum atomic E-state index is -4.73. The molecular weight excluding hydrogens is 213 g/mol. The number of hydrogen-bond donors (Lipinski definition) is 1. The van der Waals surface area contributed by atoms with Crippen molar-refractivity contribution < 1.29 is 22.7 Å². The fraction of sp³-hybridized carbons (Fsp3) is 0.875. The van der Waals surface area contributed by atoms with E-state index in [0.29, 0.717) is 6.92 Å². The quantitative estimate of drug-likeness (QED) is 0.691. The summed E-state index contributed by atoms with van der Waals surface area (Å²) >= 11 is 0. The van der Waals surface area contributed by atoms with E-state index < -0.39 is 17.6 Å². The van der Waals surface area contributed by atoms with Crippen LogP contribution in [0.3, 0.4) is 0 Å². The Labute approximate surface area is 85.2 Å². The average molecular weight is 226 g/mol. The van der Waals surface area contributed by atoms with Crippen LogP contribution in [-0.4, -0.2) is 48.8 Å². The molecule has 0 radical (unpaired) electrons. The summed E-state index contributed by atoms with van der Waals surface area (Å²) in [7, 11) is 0. The highest BCUT2D eigenvalue weighted by atomic mass is 19.4. The molecule has 1 aliphatic rings. The number of morpholine rings is 1. The second-order valence-electron chi connectivity index (χ2n) is 3.60. The van der Waals surface area contributed by atoms with Gasteiger partial charge in [-0.25, -0.2) is 0 Å². The molecular formula is C8H13F3N2O2. The van der Waals surface area contributed by atoms with E-state index in [1.807, 2.05) is 0 Å². The number of nitrogens with two attached hydrogens (primary N) is 1. The van der Waals surface area contributed by atoms with Gasteiger partial charge in [-0.15, -0.1) is 0 Å². The lowest BCUT2D eigenvalue weighted by atomic mass is 10.0. The highest BCUT2D eigenvalue weighted by Crippen LogP contribution is 2.29. The molecule has 0 aromatic carbocycles. The third kappa shape index (κ3) is 2.40. The lowest BCUT2D eigenvalue weighted by Gasteiger charge is -2.34. The molecule has 1 atom stereocenters. The van der Waals surface area contributed by atoms with Crippen LogP contribution in [0.1, 0.15) is 6.92 Å². The Balaban J connectivity index is 2.74. The van der Waals surface area contributed by atoms with Crippen molar-refractivity contribution in [3.63, 3.8) is 0 Å². The molecule has 0 aromatic heterocycles. The zero-order chi connectivity index (χ0) is 11.7. The van der Waals surface area contributed by atoms with E-state index in [1.54, 1.807) is 0 Å². The normalized spacial score (nSPS) is 22.3. The smallest absolute Gasteiger partial charge is 0.378 e. The van der Waals surface area contributed by atoms with Gasteiger partial charge in [0.15, 0.2) is 5.54 Å². The lowest BCUT2D eigenvalue weighted by molar-refractivity contribution is -0.195. The molecule has 0 bridgehead atoms. The van der Waals surface area contributed by atoms with Gasteiger partial charge in [-0.1, -0.05) is 0 Å². The molecule has 4 nitrogen and oxygen atoms in total. The van der Waals surface area contributed by atoms with Gasteiger partial charge >= 0.3 is 6.18 Å². The van der Waals surface area contributed by atoms with Crippen LogP contribution in [0.4, 0.5) is 13.2 Å². The molecule has 1 heterocycles. The summed E-state index contributed by atoms with van der Waals surface area (Å²) in [5.41, 5.74) is 2.20. The fourth-order valence-corrected chi connectivity index (χ4v) is 1.22. The van der Waals surface area contributed by atoms with E-state index >= 15 is 0 Å². The average Bonchev–Trinajstić information content (AvgIpc) is 2.16. The fourth-order valence-electron chi connectivity index (χ4n) is 1.22. The number of rotatable bonds is 1. The SMILES string of the molecule is CC(N)(C(=O)N1CCOCC1)C(F)(F)F. The molecule has 0 saturated carbocycles. The molecule has 1 saturated heterocycles. The molecule has 1 amide bonds. The molecule has 88 valence electrons. The molecule has 0 aromatic rings. The Bertz CT molecular complexity index is 247. The number of ether oxygens (including phenoxy) is 1. The monoisotopic (exact) mass is 226 g/mol. The number of carbonyl (C=O) groups excluding carboxylic acids is 1. The Kier molecular flexibility index (Phi) is 3.25. The first kappa shape index (κ1) is 12.3. The maximum atomic E-state index is 12.4. The van der Waals surface area contributed by atoms with Gasteiger partial charge in [-0.2, -0.15) is 13.2 Å². The van der Waals surface area contributed by atoms with E-state index in [0.717, 1.165) is 4.90 Å². The van der Waals surface area contributed by atoms with Crippen LogP contribution in [0.25, 0.3) is 0 Å². The van der Waals surface area contributed by atoms with Crippen molar-refractivity contribution >= 4 is 5.91 Å². The first-order chi connectivity index (χ1) is 6.77. The number of carbonyl (C=O) groups is 1. The van der Waals surface area contributed by atoms with Crippen molar-refractivity contribution in [3.8, 4) is 0 Å². The highest BCUT2D eigenvalue weighted by molar-refractivity contribution is 5.86. The van der Waals surface area contributed by atoms with Gasteiger partial charge in [0.05, 0.1) is 13.2 Å². The zero-order valence-electron chi connectivity index (χ0n) is 8.30. The molecule has 0 aliphatic carbocycles. The first-order valence-corrected chi connectivity index (χ1v) is 4.49. The van der Waals surface area contributed by atoms with E-state index in [-0.39, 0.29) is 26.3 Å². The number of alkyl halides is 3. The summed E-state index contributed by atoms with van der Waals surface area (Å²) in [6.45, 7) is 1.49. The lowest BCUT2D eigenvalue weighted by Crippen LogP contribution is -2.63. The van der Waals surface area contributed by atoms with E-state index in [9.17, 15) is 18.0 Å². The number of halogens is 3. The van der Waals surface area contributed by atoms with Crippen LogP contribution in [0.5, 0.6) is 0 Å². The molecule has 1 fully saturated rings. The maximum absolute atomic E-state index is 12.4. The van der Waals surface area contributed by atoms with Gasteiger partial charge in [0, 0.05) is 13.1 Å². The van der Waals surface area contributed by atoms with Crippen molar-refractivity contribution in [1.29, 1.82) is 0 Å². The predicted octanol–water partition coefficient (Wildman–Crippen LogP) is 0.125. The third-order valence-corrected chi connectivity index (χ3v) is 2.33. The van der Waals surface area contributed by atoms with Gasteiger partial charge < -0.3 is 15.4 Å². The van der Waals surface area contributed by atoms with E-state index in [2.05, 4.69) is 0 Å². The van der Waals surface area contributed by atoms with Crippen molar-refractivity contribution in [2.75, 3.05) is 26.3 Å². The van der Waals surface area contributed by atoms with Crippen molar-refractivity contribution in [1.82, 2.24) is 4.90 Å². The zero-order valence-corrected chi connectivity index (χ0v) is 8.30. The molecule has 1 unspecified atom stereocenters. The number of nitrogens with zero attached hydrogens (tertiary/aromatic N) is 1. The van der Waals surface area contributed by atoms with Crippen LogP contribution in [0, 0.1) is 0 Å². The van der Waals surface area contributed by atoms with Crippen LogP contribution in [0.15, 0.2) is 0 Å². The van der Waals surface area contributed by atoms with Crippen molar-refractivity contribution in [3.05, 3.63) is 0 Å². The van der Waals surface area contributed by atoms with Crippen LogP contribution < -0.4 is 5.73 Å². The standard InChI is InChI=1S/C8H13F3N2O2/c1-7(12,8(9,10)11)6(14)13-2-4-15-5-3-13/h2-5,12H2,1H3. The highest BCUT2D eigenvalue weighted by Gasteiger charge is 2.55. The second kappa shape index (κ2) is 3.97. The molecule has 2 N–H and O–H groups in total. The molecule has 0 spiro atoms. The van der Waals surface area contributed by atoms with Crippen LogP contribution in [0.2, 0.25) is 0 Å². The Morgan fingerprint density at radius 2 is 1.80 bits per heavy atom. The summed E-state index contributed by atoms with van der Waals surface area (Å²) in [4.78, 5) is 12.6. The van der Waals surface area contributed by atoms with Gasteiger partial charge in [0.2, 0.25) is 0 Å². The van der Waals surface area contributed by atoms with Gasteiger partial charge in [0.25, 0.3) is 5.91 Å². The topological polar surface area (TPSA) is 55.6 Å². The Morgan fingerprint density at radius 3 is 2.20 bits per heavy atom. The first-order valence-electron chi connectivity index (χ1n) is 4.49. The van der Waals surface area contributed by atoms with E-state index in [1.165, 1.54) is 0 Å². The molecule has 15 heavy (non-hydrogen) atoms. The largest absolute Gasteiger partial charge is 0.415 e. The Hall–Kier alpha value is -0.820. The van der Waals surface area contributed by atoms with Gasteiger partial charge in [-0.3, -0.25) is 4.79 Å². The minimum absolute atomic E-state index is 0.154. The van der Waals surface area contributed by atoms with Gasteiger partial charge in [-0.05, 0) is 6.92 Å². The number of hydrogen-bond acceptors (Lipinski definition) is 3. The summed E-state index contributed by atoms with van der Waals surface area (Å²) in [5, 5.41) is 0. The third-order valence-electron chi connectivity index (χ3n) is 2.33. The molecule has 1 rings (SSSR count). The second-order valence-corrected chi connectivity index (χ2v) is 3.60. The Morgan fingerprint density at radius 1 is 1.33 bits per heavy atom. The summed E-state index contributed by atoms with van der Waals surface area (Å²) in [6.07, 6.45) is -4.73. The number of amides is 1. The van der Waals surface area contributed by atoms with Gasteiger partial charge in [0.1, 0.15) is 0 Å². The molecule has 1 aliphatic heterocycles. The molecule has 7 heteroatoms.